The maximum Gasteiger partial charge on any atom is 0.231 e. The number of nitrogens with one attached hydrogen (secondary N) is 1. The molecule has 34 heavy (non-hydrogen) atoms. The summed E-state index contributed by atoms with van der Waals surface area (Å²) in [6.45, 7) is 3.13. The van der Waals surface area contributed by atoms with Crippen LogP contribution in [0.4, 0.5) is 23.5 Å². The maximum atomic E-state index is 9.19. The first-order chi connectivity index (χ1) is 16.8. The molecule has 0 atom stereocenters. The summed E-state index contributed by atoms with van der Waals surface area (Å²) >= 11 is 0. The van der Waals surface area contributed by atoms with Gasteiger partial charge < -0.3 is 20.2 Å². The summed E-state index contributed by atoms with van der Waals surface area (Å²) in [5.74, 6) is 1.88. The number of rotatable bonds is 7. The second-order valence-electron chi connectivity index (χ2n) is 8.12. The summed E-state index contributed by atoms with van der Waals surface area (Å²) in [4.78, 5) is 26.7. The maximum absolute atomic E-state index is 9.19. The SMILES string of the molecule is OCc1ccc(Nc2ncnc(N3CCN(c4ncc(Cc5ccccc5)cn4)CC3)n2)cc1. The van der Waals surface area contributed by atoms with Crippen LogP contribution in [0.2, 0.25) is 0 Å². The van der Waals surface area contributed by atoms with Crippen LogP contribution in [-0.4, -0.2) is 56.2 Å². The van der Waals surface area contributed by atoms with E-state index in [0.717, 1.165) is 55.4 Å². The van der Waals surface area contributed by atoms with E-state index in [0.29, 0.717) is 11.9 Å². The first-order valence-corrected chi connectivity index (χ1v) is 11.3. The van der Waals surface area contributed by atoms with E-state index in [1.54, 1.807) is 0 Å². The third-order valence-electron chi connectivity index (χ3n) is 5.74. The van der Waals surface area contributed by atoms with Crippen molar-refractivity contribution in [1.82, 2.24) is 24.9 Å². The number of hydrogen-bond donors (Lipinski definition) is 2. The Morgan fingerprint density at radius 1 is 0.706 bits per heavy atom. The summed E-state index contributed by atoms with van der Waals surface area (Å²) in [5.41, 5.74) is 4.06. The molecule has 0 bridgehead atoms. The molecule has 0 aliphatic carbocycles. The smallest absolute Gasteiger partial charge is 0.231 e. The zero-order valence-electron chi connectivity index (χ0n) is 18.7. The Morgan fingerprint density at radius 3 is 2.06 bits per heavy atom. The van der Waals surface area contributed by atoms with Crippen LogP contribution in [0.3, 0.4) is 0 Å². The number of anilines is 4. The van der Waals surface area contributed by atoms with Crippen molar-refractivity contribution in [3.63, 3.8) is 0 Å². The van der Waals surface area contributed by atoms with Crippen LogP contribution in [-0.2, 0) is 13.0 Å². The van der Waals surface area contributed by atoms with Gasteiger partial charge in [0.2, 0.25) is 17.8 Å². The lowest BCUT2D eigenvalue weighted by Crippen LogP contribution is -2.47. The number of aliphatic hydroxyl groups excluding tert-OH is 1. The van der Waals surface area contributed by atoms with Gasteiger partial charge in [0.05, 0.1) is 6.61 Å². The Bertz CT molecular complexity index is 1190. The lowest BCUT2D eigenvalue weighted by molar-refractivity contribution is 0.282. The molecule has 9 heteroatoms. The van der Waals surface area contributed by atoms with Gasteiger partial charge in [0.15, 0.2) is 0 Å². The minimum atomic E-state index is 0.0189. The van der Waals surface area contributed by atoms with Gasteiger partial charge in [-0.15, -0.1) is 0 Å². The van der Waals surface area contributed by atoms with Crippen molar-refractivity contribution >= 4 is 23.5 Å². The molecule has 1 saturated heterocycles. The van der Waals surface area contributed by atoms with Gasteiger partial charge in [0.1, 0.15) is 6.33 Å². The van der Waals surface area contributed by atoms with E-state index in [4.69, 9.17) is 0 Å². The molecule has 0 unspecified atom stereocenters. The molecule has 3 heterocycles. The van der Waals surface area contributed by atoms with E-state index in [9.17, 15) is 5.11 Å². The summed E-state index contributed by atoms with van der Waals surface area (Å²) in [7, 11) is 0. The van der Waals surface area contributed by atoms with Gasteiger partial charge in [-0.25, -0.2) is 19.9 Å². The summed E-state index contributed by atoms with van der Waals surface area (Å²) < 4.78 is 0. The van der Waals surface area contributed by atoms with Crippen molar-refractivity contribution in [1.29, 1.82) is 0 Å². The summed E-state index contributed by atoms with van der Waals surface area (Å²) in [6.07, 6.45) is 6.18. The van der Waals surface area contributed by atoms with E-state index in [2.05, 4.69) is 52.2 Å². The quantitative estimate of drug-likeness (QED) is 0.436. The third-order valence-corrected chi connectivity index (χ3v) is 5.74. The summed E-state index contributed by atoms with van der Waals surface area (Å²) in [6, 6.07) is 17.8. The molecule has 4 aromatic rings. The number of aromatic nitrogens is 5. The average molecular weight is 455 g/mol. The first kappa shape index (κ1) is 21.7. The van der Waals surface area contributed by atoms with Crippen LogP contribution in [0.25, 0.3) is 0 Å². The number of hydrogen-bond acceptors (Lipinski definition) is 9. The van der Waals surface area contributed by atoms with E-state index in [1.807, 2.05) is 54.9 Å². The van der Waals surface area contributed by atoms with Crippen LogP contribution in [0, 0.1) is 0 Å². The molecule has 0 radical (unpaired) electrons. The summed E-state index contributed by atoms with van der Waals surface area (Å²) in [5, 5.41) is 12.4. The minimum Gasteiger partial charge on any atom is -0.392 e. The minimum absolute atomic E-state index is 0.0189. The molecule has 0 saturated carbocycles. The van der Waals surface area contributed by atoms with Crippen molar-refractivity contribution < 1.29 is 5.11 Å². The zero-order valence-corrected chi connectivity index (χ0v) is 18.7. The second-order valence-corrected chi connectivity index (χ2v) is 8.12. The zero-order chi connectivity index (χ0) is 23.2. The van der Waals surface area contributed by atoms with Crippen molar-refractivity contribution in [3.05, 3.63) is 90.0 Å². The lowest BCUT2D eigenvalue weighted by atomic mass is 10.1. The molecular formula is C25H26N8O. The van der Waals surface area contributed by atoms with Crippen LogP contribution >= 0.6 is 0 Å². The Kier molecular flexibility index (Phi) is 6.53. The van der Waals surface area contributed by atoms with Gasteiger partial charge in [-0.05, 0) is 28.8 Å². The Hall–Kier alpha value is -4.11. The molecule has 9 nitrogen and oxygen atoms in total. The molecule has 0 spiro atoms. The Labute approximate surface area is 198 Å². The van der Waals surface area contributed by atoms with Crippen LogP contribution in [0.1, 0.15) is 16.7 Å². The molecule has 2 N–H and O–H groups in total. The number of nitrogens with zero attached hydrogens (tertiary/aromatic N) is 7. The van der Waals surface area contributed by atoms with Crippen molar-refractivity contribution in [2.45, 2.75) is 13.0 Å². The highest BCUT2D eigenvalue weighted by atomic mass is 16.3. The predicted molar refractivity (Wildman–Crippen MR) is 131 cm³/mol. The molecule has 5 rings (SSSR count). The van der Waals surface area contributed by atoms with Gasteiger partial charge in [-0.1, -0.05) is 42.5 Å². The molecule has 2 aromatic heterocycles. The Morgan fingerprint density at radius 2 is 1.38 bits per heavy atom. The number of aliphatic hydroxyl groups is 1. The third kappa shape index (κ3) is 5.26. The Balaban J connectivity index is 1.17. The normalized spacial score (nSPS) is 13.7. The van der Waals surface area contributed by atoms with Crippen molar-refractivity contribution in [2.24, 2.45) is 0 Å². The highest BCUT2D eigenvalue weighted by molar-refractivity contribution is 5.54. The van der Waals surface area contributed by atoms with E-state index < -0.39 is 0 Å². The van der Waals surface area contributed by atoms with Crippen LogP contribution in [0.5, 0.6) is 0 Å². The lowest BCUT2D eigenvalue weighted by Gasteiger charge is -2.34. The predicted octanol–water partition coefficient (Wildman–Crippen LogP) is 2.81. The number of piperazine rings is 1. The second kappa shape index (κ2) is 10.2. The molecule has 2 aromatic carbocycles. The highest BCUT2D eigenvalue weighted by Gasteiger charge is 2.21. The monoisotopic (exact) mass is 454 g/mol. The van der Waals surface area contributed by atoms with E-state index >= 15 is 0 Å². The molecular weight excluding hydrogens is 428 g/mol. The highest BCUT2D eigenvalue weighted by Crippen LogP contribution is 2.18. The fraction of sp³-hybridized carbons (Fsp3) is 0.240. The van der Waals surface area contributed by atoms with E-state index in [-0.39, 0.29) is 6.61 Å². The molecule has 1 aliphatic rings. The fourth-order valence-corrected chi connectivity index (χ4v) is 3.86. The molecule has 172 valence electrons. The van der Waals surface area contributed by atoms with Gasteiger partial charge in [0.25, 0.3) is 0 Å². The van der Waals surface area contributed by atoms with Crippen molar-refractivity contribution in [2.75, 3.05) is 41.3 Å². The molecule has 1 fully saturated rings. The van der Waals surface area contributed by atoms with Crippen LogP contribution in [0.15, 0.2) is 73.3 Å². The van der Waals surface area contributed by atoms with E-state index in [1.165, 1.54) is 11.9 Å². The van der Waals surface area contributed by atoms with Crippen LogP contribution < -0.4 is 15.1 Å². The average Bonchev–Trinajstić information content (AvgIpc) is 2.90. The molecule has 0 amide bonds. The first-order valence-electron chi connectivity index (χ1n) is 11.3. The van der Waals surface area contributed by atoms with Gasteiger partial charge in [-0.3, -0.25) is 0 Å². The standard InChI is InChI=1S/C25H26N8O/c34-17-20-6-8-22(9-7-20)30-23-28-18-29-25(31-23)33-12-10-32(11-13-33)24-26-15-21(16-27-24)14-19-4-2-1-3-5-19/h1-9,15-16,18,34H,10-14,17H2,(H,28,29,30,31). The fourth-order valence-electron chi connectivity index (χ4n) is 3.86. The van der Waals surface area contributed by atoms with Gasteiger partial charge >= 0.3 is 0 Å². The van der Waals surface area contributed by atoms with Gasteiger partial charge in [-0.2, -0.15) is 4.98 Å². The number of benzene rings is 2. The topological polar surface area (TPSA) is 103 Å². The van der Waals surface area contributed by atoms with Crippen molar-refractivity contribution in [3.8, 4) is 0 Å². The molecule has 1 aliphatic heterocycles. The largest absolute Gasteiger partial charge is 0.392 e. The van der Waals surface area contributed by atoms with Gasteiger partial charge in [0, 0.05) is 50.7 Å².